The van der Waals surface area contributed by atoms with Crippen LogP contribution in [-0.2, 0) is 54.3 Å². The molecular formula is C51H77FN6O11. The lowest BCUT2D eigenvalue weighted by Gasteiger charge is -2.41. The maximum atomic E-state index is 14.6. The first kappa shape index (κ1) is 56.4. The van der Waals surface area contributed by atoms with Crippen LogP contribution in [-0.4, -0.2) is 156 Å². The third-order valence-corrected chi connectivity index (χ3v) is 14.6. The molecule has 1 aromatic rings. The zero-order chi connectivity index (χ0) is 51.5. The Bertz CT molecular complexity index is 2020. The second-order valence-corrected chi connectivity index (χ2v) is 20.2. The Labute approximate surface area is 407 Å². The third kappa shape index (κ3) is 14.2. The first-order chi connectivity index (χ1) is 32.5. The summed E-state index contributed by atoms with van der Waals surface area (Å²) >= 11 is 0. The van der Waals surface area contributed by atoms with E-state index in [2.05, 4.69) is 10.6 Å². The molecule has 1 aromatic carbocycles. The van der Waals surface area contributed by atoms with Crippen molar-refractivity contribution in [3.05, 3.63) is 47.8 Å². The Balaban J connectivity index is 1.46. The lowest BCUT2D eigenvalue weighted by Crippen LogP contribution is -2.60. The van der Waals surface area contributed by atoms with Crippen molar-refractivity contribution in [3.8, 4) is 0 Å². The molecule has 384 valence electrons. The van der Waals surface area contributed by atoms with Crippen LogP contribution in [0.25, 0.3) is 0 Å². The van der Waals surface area contributed by atoms with E-state index in [1.807, 2.05) is 41.5 Å². The number of carbonyl (C=O) groups is 8. The SMILES string of the molecule is CC[C@H](C)C([C@@H](CC(=O)N1CC2(CC2)C[C@H]1[C@H](OC)[C@@H](C)C(=O)N[C@@H](Cc1ccccc1F)C(=O)O)OC)N(C)C(=O)[C@@H](NC(=O)[C@H](C(C)C)N(C)C(=O)CCCCCN1C(=O)C=CC1=O)C(C)C. The van der Waals surface area contributed by atoms with Crippen molar-refractivity contribution in [2.45, 2.75) is 155 Å². The quantitative estimate of drug-likeness (QED) is 0.0833. The van der Waals surface area contributed by atoms with E-state index in [1.54, 1.807) is 36.9 Å². The van der Waals surface area contributed by atoms with Gasteiger partial charge in [0.2, 0.25) is 29.5 Å². The number of imide groups is 1. The summed E-state index contributed by atoms with van der Waals surface area (Å²) in [5, 5.41) is 15.5. The van der Waals surface area contributed by atoms with E-state index in [0.717, 1.165) is 17.7 Å². The molecule has 1 saturated carbocycles. The van der Waals surface area contributed by atoms with Crippen molar-refractivity contribution < 1.29 is 57.3 Å². The molecule has 0 bridgehead atoms. The number of rotatable bonds is 27. The van der Waals surface area contributed by atoms with Crippen LogP contribution in [0.15, 0.2) is 36.4 Å². The second kappa shape index (κ2) is 25.1. The fraction of sp³-hybridized carbons (Fsp3) is 0.686. The number of carboxylic acid groups (broad SMARTS) is 1. The van der Waals surface area contributed by atoms with Crippen LogP contribution in [0.1, 0.15) is 112 Å². The maximum absolute atomic E-state index is 14.6. The molecule has 2 heterocycles. The summed E-state index contributed by atoms with van der Waals surface area (Å²) in [6.45, 7) is 13.6. The molecule has 2 aliphatic heterocycles. The first-order valence-corrected chi connectivity index (χ1v) is 24.5. The molecule has 3 N–H and O–H groups in total. The standard InChI is InChI=1S/C51H77FN6O11/c1-12-32(6)45(56(9)49(65)43(30(2)3)54-48(64)44(31(4)5)55(8)39(59)20-14-13-17-25-57-40(60)21-22-41(57)61)38(68-10)27-42(62)58-29-51(23-24-51)28-37(58)46(69-11)33(7)47(63)53-36(50(66)67)26-34-18-15-16-19-35(34)52/h15-16,18-19,21-22,30-33,36-38,43-46H,12-14,17,20,23-29H2,1-11H3,(H,53,63)(H,54,64)(H,66,67)/t32-,33+,36-,37-,38+,43-,44-,45?,46+/m0/s1. The Morgan fingerprint density at radius 2 is 1.51 bits per heavy atom. The Kier molecular flexibility index (Phi) is 20.5. The molecular weight excluding hydrogens is 892 g/mol. The molecule has 69 heavy (non-hydrogen) atoms. The van der Waals surface area contributed by atoms with Gasteiger partial charge in [-0.25, -0.2) is 9.18 Å². The molecule has 4 rings (SSSR count). The Morgan fingerprint density at radius 3 is 2.04 bits per heavy atom. The van der Waals surface area contributed by atoms with Gasteiger partial charge in [0, 0.05) is 66.4 Å². The molecule has 18 heteroatoms. The number of amides is 7. The molecule has 1 spiro atoms. The van der Waals surface area contributed by atoms with Gasteiger partial charge < -0.3 is 39.9 Å². The number of likely N-dealkylation sites (N-methyl/N-ethyl adjacent to an activating group) is 2. The highest BCUT2D eigenvalue weighted by molar-refractivity contribution is 6.12. The van der Waals surface area contributed by atoms with Crippen molar-refractivity contribution in [2.24, 2.45) is 29.1 Å². The van der Waals surface area contributed by atoms with Crippen molar-refractivity contribution in [3.63, 3.8) is 0 Å². The first-order valence-electron chi connectivity index (χ1n) is 24.5. The van der Waals surface area contributed by atoms with E-state index in [1.165, 1.54) is 49.5 Å². The van der Waals surface area contributed by atoms with Crippen LogP contribution in [0, 0.1) is 34.9 Å². The third-order valence-electron chi connectivity index (χ3n) is 14.6. The number of ether oxygens (including phenoxy) is 2. The fourth-order valence-electron chi connectivity index (χ4n) is 10.1. The summed E-state index contributed by atoms with van der Waals surface area (Å²) in [6, 6.07) is 1.36. The van der Waals surface area contributed by atoms with Gasteiger partial charge in [-0.05, 0) is 66.9 Å². The molecule has 3 aliphatic rings. The predicted molar refractivity (Wildman–Crippen MR) is 255 cm³/mol. The molecule has 7 amide bonds. The number of halogens is 1. The van der Waals surface area contributed by atoms with Gasteiger partial charge in [0.05, 0.1) is 36.6 Å². The highest BCUT2D eigenvalue weighted by Crippen LogP contribution is 2.56. The van der Waals surface area contributed by atoms with Crippen molar-refractivity contribution in [1.29, 1.82) is 0 Å². The summed E-state index contributed by atoms with van der Waals surface area (Å²) in [4.78, 5) is 112. The average molecular weight is 969 g/mol. The van der Waals surface area contributed by atoms with Crippen molar-refractivity contribution in [2.75, 3.05) is 41.4 Å². The minimum absolute atomic E-state index is 0.108. The predicted octanol–water partition coefficient (Wildman–Crippen LogP) is 4.36. The van der Waals surface area contributed by atoms with Crippen LogP contribution >= 0.6 is 0 Å². The van der Waals surface area contributed by atoms with Gasteiger partial charge in [0.15, 0.2) is 0 Å². The van der Waals surface area contributed by atoms with Gasteiger partial charge in [-0.2, -0.15) is 0 Å². The lowest BCUT2D eigenvalue weighted by atomic mass is 9.89. The largest absolute Gasteiger partial charge is 0.480 e. The summed E-state index contributed by atoms with van der Waals surface area (Å²) in [7, 11) is 6.17. The van der Waals surface area contributed by atoms with Gasteiger partial charge >= 0.3 is 5.97 Å². The number of likely N-dealkylation sites (tertiary alicyclic amines) is 1. The zero-order valence-electron chi connectivity index (χ0n) is 42.5. The highest BCUT2D eigenvalue weighted by atomic mass is 19.1. The fourth-order valence-corrected chi connectivity index (χ4v) is 10.1. The van der Waals surface area contributed by atoms with Gasteiger partial charge in [-0.15, -0.1) is 0 Å². The summed E-state index contributed by atoms with van der Waals surface area (Å²) < 4.78 is 26.5. The van der Waals surface area contributed by atoms with Gasteiger partial charge in [-0.1, -0.05) is 79.5 Å². The van der Waals surface area contributed by atoms with Crippen molar-refractivity contribution in [1.82, 2.24) is 30.2 Å². The minimum atomic E-state index is -1.41. The summed E-state index contributed by atoms with van der Waals surface area (Å²) in [5.41, 5.74) is 0.00741. The van der Waals surface area contributed by atoms with Crippen LogP contribution in [0.4, 0.5) is 4.39 Å². The number of aliphatic carboxylic acids is 1. The number of benzene rings is 1. The van der Waals surface area contributed by atoms with E-state index >= 15 is 0 Å². The van der Waals surface area contributed by atoms with Gasteiger partial charge in [0.1, 0.15) is 23.9 Å². The van der Waals surface area contributed by atoms with Crippen LogP contribution in [0.5, 0.6) is 0 Å². The molecule has 0 aromatic heterocycles. The number of unbranched alkanes of at least 4 members (excludes halogenated alkanes) is 2. The second-order valence-electron chi connectivity index (χ2n) is 20.2. The number of nitrogens with one attached hydrogen (secondary N) is 2. The highest BCUT2D eigenvalue weighted by Gasteiger charge is 2.56. The Hall–Kier alpha value is -5.23. The minimum Gasteiger partial charge on any atom is -0.480 e. The maximum Gasteiger partial charge on any atom is 0.326 e. The van der Waals surface area contributed by atoms with Crippen LogP contribution in [0.2, 0.25) is 0 Å². The molecule has 2 fully saturated rings. The molecule has 0 radical (unpaired) electrons. The van der Waals surface area contributed by atoms with Gasteiger partial charge in [-0.3, -0.25) is 38.5 Å². The molecule has 1 aliphatic carbocycles. The topological polar surface area (TPSA) is 212 Å². The smallest absolute Gasteiger partial charge is 0.326 e. The number of hydrogen-bond acceptors (Lipinski definition) is 10. The van der Waals surface area contributed by atoms with E-state index < -0.39 is 71.9 Å². The number of nitrogens with zero attached hydrogens (tertiary/aromatic N) is 4. The van der Waals surface area contributed by atoms with Crippen LogP contribution < -0.4 is 10.6 Å². The van der Waals surface area contributed by atoms with E-state index in [9.17, 15) is 47.9 Å². The molecule has 9 atom stereocenters. The molecule has 17 nitrogen and oxygen atoms in total. The number of carboxylic acids is 1. The Morgan fingerprint density at radius 1 is 0.870 bits per heavy atom. The summed E-state index contributed by atoms with van der Waals surface area (Å²) in [6.07, 6.45) is 5.29. The normalized spacial score (nSPS) is 19.8. The summed E-state index contributed by atoms with van der Waals surface area (Å²) in [5.74, 6) is -6.29. The van der Waals surface area contributed by atoms with E-state index in [-0.39, 0.29) is 84.1 Å². The number of carbonyl (C=O) groups excluding carboxylic acids is 7. The number of hydrogen-bond donors (Lipinski definition) is 3. The monoisotopic (exact) mass is 969 g/mol. The van der Waals surface area contributed by atoms with E-state index in [0.29, 0.717) is 38.6 Å². The van der Waals surface area contributed by atoms with Gasteiger partial charge in [0.25, 0.3) is 11.8 Å². The molecule has 1 saturated heterocycles. The average Bonchev–Trinajstić information content (AvgIpc) is 3.85. The number of methoxy groups -OCH3 is 2. The lowest BCUT2D eigenvalue weighted by molar-refractivity contribution is -0.149. The zero-order valence-corrected chi connectivity index (χ0v) is 42.5. The van der Waals surface area contributed by atoms with E-state index in [4.69, 9.17) is 9.47 Å². The van der Waals surface area contributed by atoms with Crippen molar-refractivity contribution >= 4 is 47.3 Å². The van der Waals surface area contributed by atoms with Crippen LogP contribution in [0.3, 0.4) is 0 Å². The molecule has 1 unspecified atom stereocenters.